The van der Waals surface area contributed by atoms with E-state index in [1.807, 2.05) is 12.1 Å². The molecular weight excluding hydrogens is 318 g/mol. The molecule has 2 aliphatic heterocycles. The zero-order chi connectivity index (χ0) is 16.3. The van der Waals surface area contributed by atoms with Crippen LogP contribution in [-0.2, 0) is 25.9 Å². The number of anilines is 1. The summed E-state index contributed by atoms with van der Waals surface area (Å²) in [7, 11) is -3.03. The third-order valence-corrected chi connectivity index (χ3v) is 5.98. The molecule has 1 amide bonds. The monoisotopic (exact) mass is 339 g/mol. The van der Waals surface area contributed by atoms with Crippen molar-refractivity contribution in [2.75, 3.05) is 42.7 Å². The molecule has 3 rings (SSSR count). The number of rotatable bonds is 4. The molecule has 8 heteroatoms. The van der Waals surface area contributed by atoms with Crippen LogP contribution in [0.4, 0.5) is 5.82 Å². The first-order valence-corrected chi connectivity index (χ1v) is 9.61. The highest BCUT2D eigenvalue weighted by Gasteiger charge is 2.32. The second-order valence-electron chi connectivity index (χ2n) is 5.94. The SMILES string of the molecule is O=C(NCc1ccc(N2CCOCC2)nc1)[C@@H]1CCS(=O)(=O)C1. The molecule has 23 heavy (non-hydrogen) atoms. The van der Waals surface area contributed by atoms with Crippen molar-refractivity contribution in [1.29, 1.82) is 0 Å². The molecular formula is C15H21N3O4S. The van der Waals surface area contributed by atoms with Gasteiger partial charge in [-0.1, -0.05) is 6.07 Å². The summed E-state index contributed by atoms with van der Waals surface area (Å²) < 4.78 is 28.1. The number of hydrogen-bond donors (Lipinski definition) is 1. The van der Waals surface area contributed by atoms with Crippen molar-refractivity contribution in [3.8, 4) is 0 Å². The van der Waals surface area contributed by atoms with E-state index in [0.717, 1.165) is 24.5 Å². The first-order chi connectivity index (χ1) is 11.0. The standard InChI is InChI=1S/C15H21N3O4S/c19-15(13-3-8-23(20,21)11-13)17-10-12-1-2-14(16-9-12)18-4-6-22-7-5-18/h1-2,9,13H,3-8,10-11H2,(H,17,19)/t13-/m1/s1. The largest absolute Gasteiger partial charge is 0.378 e. The molecule has 126 valence electrons. The minimum absolute atomic E-state index is 0.0347. The Kier molecular flexibility index (Phi) is 4.82. The van der Waals surface area contributed by atoms with E-state index in [1.165, 1.54) is 0 Å². The van der Waals surface area contributed by atoms with Gasteiger partial charge in [-0.2, -0.15) is 0 Å². The van der Waals surface area contributed by atoms with Crippen LogP contribution in [0.25, 0.3) is 0 Å². The van der Waals surface area contributed by atoms with Crippen molar-refractivity contribution in [1.82, 2.24) is 10.3 Å². The van der Waals surface area contributed by atoms with Crippen LogP contribution in [0.3, 0.4) is 0 Å². The maximum absolute atomic E-state index is 12.0. The zero-order valence-electron chi connectivity index (χ0n) is 12.9. The number of aromatic nitrogens is 1. The van der Waals surface area contributed by atoms with Gasteiger partial charge < -0.3 is 15.0 Å². The minimum atomic E-state index is -3.03. The fourth-order valence-corrected chi connectivity index (χ4v) is 4.58. The van der Waals surface area contributed by atoms with E-state index < -0.39 is 15.8 Å². The Balaban J connectivity index is 1.51. The summed E-state index contributed by atoms with van der Waals surface area (Å²) in [5.74, 6) is 0.377. The summed E-state index contributed by atoms with van der Waals surface area (Å²) in [5.41, 5.74) is 0.899. The number of carbonyl (C=O) groups excluding carboxylic acids is 1. The number of morpholine rings is 1. The lowest BCUT2D eigenvalue weighted by Crippen LogP contribution is -2.36. The van der Waals surface area contributed by atoms with Crippen LogP contribution in [0.5, 0.6) is 0 Å². The maximum atomic E-state index is 12.0. The number of hydrogen-bond acceptors (Lipinski definition) is 6. The van der Waals surface area contributed by atoms with Gasteiger partial charge in [0.1, 0.15) is 5.82 Å². The van der Waals surface area contributed by atoms with Crippen molar-refractivity contribution in [3.05, 3.63) is 23.9 Å². The van der Waals surface area contributed by atoms with Crippen LogP contribution in [0.2, 0.25) is 0 Å². The Labute approximate surface area is 135 Å². The average molecular weight is 339 g/mol. The third kappa shape index (κ3) is 4.20. The first-order valence-electron chi connectivity index (χ1n) is 7.79. The fourth-order valence-electron chi connectivity index (χ4n) is 2.84. The molecule has 1 atom stereocenters. The predicted molar refractivity (Wildman–Crippen MR) is 85.9 cm³/mol. The highest BCUT2D eigenvalue weighted by atomic mass is 32.2. The lowest BCUT2D eigenvalue weighted by Gasteiger charge is -2.27. The molecule has 1 aromatic heterocycles. The van der Waals surface area contributed by atoms with Crippen LogP contribution >= 0.6 is 0 Å². The van der Waals surface area contributed by atoms with Crippen molar-refractivity contribution >= 4 is 21.6 Å². The average Bonchev–Trinajstić information content (AvgIpc) is 2.94. The lowest BCUT2D eigenvalue weighted by molar-refractivity contribution is -0.124. The highest BCUT2D eigenvalue weighted by molar-refractivity contribution is 7.91. The van der Waals surface area contributed by atoms with Crippen LogP contribution in [0.1, 0.15) is 12.0 Å². The molecule has 0 aromatic carbocycles. The summed E-state index contributed by atoms with van der Waals surface area (Å²) >= 11 is 0. The van der Waals surface area contributed by atoms with Crippen LogP contribution in [0.15, 0.2) is 18.3 Å². The molecule has 2 saturated heterocycles. The second kappa shape index (κ2) is 6.84. The Hall–Kier alpha value is -1.67. The van der Waals surface area contributed by atoms with Gasteiger partial charge in [0.25, 0.3) is 0 Å². The summed E-state index contributed by atoms with van der Waals surface area (Å²) in [6.07, 6.45) is 2.17. The summed E-state index contributed by atoms with van der Waals surface area (Å²) in [5, 5.41) is 2.80. The van der Waals surface area contributed by atoms with Crippen molar-refractivity contribution in [3.63, 3.8) is 0 Å². The number of nitrogens with zero attached hydrogens (tertiary/aromatic N) is 2. The number of ether oxygens (including phenoxy) is 1. The fraction of sp³-hybridized carbons (Fsp3) is 0.600. The molecule has 0 unspecified atom stereocenters. The number of pyridine rings is 1. The molecule has 7 nitrogen and oxygen atoms in total. The Morgan fingerprint density at radius 2 is 2.13 bits per heavy atom. The van der Waals surface area contributed by atoms with Gasteiger partial charge in [-0.05, 0) is 18.1 Å². The molecule has 0 saturated carbocycles. The lowest BCUT2D eigenvalue weighted by atomic mass is 10.1. The molecule has 0 aliphatic carbocycles. The number of nitrogens with one attached hydrogen (secondary N) is 1. The molecule has 1 N–H and O–H groups in total. The van der Waals surface area contributed by atoms with Gasteiger partial charge in [0, 0.05) is 25.8 Å². The maximum Gasteiger partial charge on any atom is 0.224 e. The molecule has 2 fully saturated rings. The van der Waals surface area contributed by atoms with Crippen LogP contribution in [-0.4, -0.2) is 57.1 Å². The molecule has 0 radical (unpaired) electrons. The van der Waals surface area contributed by atoms with E-state index in [9.17, 15) is 13.2 Å². The van der Waals surface area contributed by atoms with Gasteiger partial charge in [0.2, 0.25) is 5.91 Å². The van der Waals surface area contributed by atoms with Crippen molar-refractivity contribution < 1.29 is 17.9 Å². The molecule has 0 bridgehead atoms. The number of carbonyl (C=O) groups is 1. The normalized spacial score (nSPS) is 23.7. The minimum Gasteiger partial charge on any atom is -0.378 e. The zero-order valence-corrected chi connectivity index (χ0v) is 13.7. The van der Waals surface area contributed by atoms with Gasteiger partial charge in [-0.3, -0.25) is 4.79 Å². The molecule has 3 heterocycles. The molecule has 2 aliphatic rings. The summed E-state index contributed by atoms with van der Waals surface area (Å²) in [6, 6.07) is 3.87. The van der Waals surface area contributed by atoms with Crippen LogP contribution in [0, 0.1) is 5.92 Å². The van der Waals surface area contributed by atoms with Gasteiger partial charge >= 0.3 is 0 Å². The van der Waals surface area contributed by atoms with E-state index in [1.54, 1.807) is 6.20 Å². The number of sulfone groups is 1. The van der Waals surface area contributed by atoms with E-state index in [4.69, 9.17) is 4.74 Å². The highest BCUT2D eigenvalue weighted by Crippen LogP contribution is 2.18. The Morgan fingerprint density at radius 1 is 1.35 bits per heavy atom. The van der Waals surface area contributed by atoms with Gasteiger partial charge in [0.05, 0.1) is 30.6 Å². The topological polar surface area (TPSA) is 88.6 Å². The van der Waals surface area contributed by atoms with E-state index >= 15 is 0 Å². The van der Waals surface area contributed by atoms with Gasteiger partial charge in [-0.25, -0.2) is 13.4 Å². The first kappa shape index (κ1) is 16.2. The van der Waals surface area contributed by atoms with Crippen molar-refractivity contribution in [2.24, 2.45) is 5.92 Å². The van der Waals surface area contributed by atoms with Gasteiger partial charge in [-0.15, -0.1) is 0 Å². The molecule has 1 aromatic rings. The Morgan fingerprint density at radius 3 is 2.74 bits per heavy atom. The van der Waals surface area contributed by atoms with E-state index in [-0.39, 0.29) is 17.4 Å². The Bertz CT molecular complexity index is 654. The van der Waals surface area contributed by atoms with Gasteiger partial charge in [0.15, 0.2) is 9.84 Å². The second-order valence-corrected chi connectivity index (χ2v) is 8.17. The quantitative estimate of drug-likeness (QED) is 0.829. The summed E-state index contributed by atoms with van der Waals surface area (Å²) in [6.45, 7) is 3.46. The third-order valence-electron chi connectivity index (χ3n) is 4.21. The predicted octanol–water partition coefficient (Wildman–Crippen LogP) is -0.0309. The summed E-state index contributed by atoms with van der Waals surface area (Å²) in [4.78, 5) is 18.6. The van der Waals surface area contributed by atoms with Crippen molar-refractivity contribution in [2.45, 2.75) is 13.0 Å². The molecule has 0 spiro atoms. The van der Waals surface area contributed by atoms with Crippen LogP contribution < -0.4 is 10.2 Å². The van der Waals surface area contributed by atoms with E-state index in [2.05, 4.69) is 15.2 Å². The number of amides is 1. The van der Waals surface area contributed by atoms with E-state index in [0.29, 0.717) is 26.2 Å². The smallest absolute Gasteiger partial charge is 0.224 e.